The second kappa shape index (κ2) is 6.80. The number of amides is 2. The predicted molar refractivity (Wildman–Crippen MR) is 98.1 cm³/mol. The number of aryl methyl sites for hydroxylation is 2. The third-order valence-electron chi connectivity index (χ3n) is 4.05. The molecule has 134 valence electrons. The maximum absolute atomic E-state index is 12.3. The van der Waals surface area contributed by atoms with Crippen molar-refractivity contribution >= 4 is 35.0 Å². The summed E-state index contributed by atoms with van der Waals surface area (Å²) in [4.78, 5) is 40.4. The number of thioether (sulfide) groups is 1. The molecule has 2 amide bonds. The van der Waals surface area contributed by atoms with E-state index in [1.807, 2.05) is 43.5 Å². The van der Waals surface area contributed by atoms with Gasteiger partial charge >= 0.3 is 5.97 Å². The normalized spacial score (nSPS) is 16.0. The molecule has 0 aliphatic carbocycles. The summed E-state index contributed by atoms with van der Waals surface area (Å²) in [5.41, 5.74) is 3.66. The molecule has 1 aliphatic heterocycles. The van der Waals surface area contributed by atoms with Crippen LogP contribution in [0, 0.1) is 20.8 Å². The van der Waals surface area contributed by atoms with Crippen LogP contribution in [0.4, 0.5) is 4.79 Å². The molecule has 0 spiro atoms. The Bertz CT molecular complexity index is 944. The van der Waals surface area contributed by atoms with Gasteiger partial charge in [0, 0.05) is 17.6 Å². The topological polar surface area (TPSA) is 92.5 Å². The van der Waals surface area contributed by atoms with Crippen LogP contribution in [-0.2, 0) is 9.59 Å². The molecule has 0 atom stereocenters. The smallest absolute Gasteiger partial charge is 0.323 e. The van der Waals surface area contributed by atoms with Crippen molar-refractivity contribution in [2.75, 3.05) is 6.54 Å². The van der Waals surface area contributed by atoms with Crippen LogP contribution in [-0.4, -0.2) is 43.2 Å². The van der Waals surface area contributed by atoms with E-state index in [9.17, 15) is 14.4 Å². The summed E-state index contributed by atoms with van der Waals surface area (Å²) in [7, 11) is 0. The van der Waals surface area contributed by atoms with Gasteiger partial charge in [-0.05, 0) is 61.9 Å². The molecule has 3 heterocycles. The van der Waals surface area contributed by atoms with Crippen molar-refractivity contribution in [1.82, 2.24) is 14.5 Å². The SMILES string of the molecule is Cc1ccc(-n2c(C)cc(/C=C3/SC(=O)N(CC(=O)O)C3=O)c2C)nc1. The Labute approximate surface area is 154 Å². The number of imide groups is 1. The molecule has 3 rings (SSSR count). The molecule has 8 heteroatoms. The van der Waals surface area contributed by atoms with Gasteiger partial charge in [0.2, 0.25) is 0 Å². The molecule has 1 aliphatic rings. The fraction of sp³-hybridized carbons (Fsp3) is 0.222. The number of carbonyl (C=O) groups excluding carboxylic acids is 2. The fourth-order valence-electron chi connectivity index (χ4n) is 2.79. The van der Waals surface area contributed by atoms with Crippen molar-refractivity contribution in [3.05, 3.63) is 51.8 Å². The maximum Gasteiger partial charge on any atom is 0.323 e. The van der Waals surface area contributed by atoms with E-state index in [-0.39, 0.29) is 4.91 Å². The molecule has 0 unspecified atom stereocenters. The number of nitrogens with zero attached hydrogens (tertiary/aromatic N) is 3. The highest BCUT2D eigenvalue weighted by Gasteiger charge is 2.36. The summed E-state index contributed by atoms with van der Waals surface area (Å²) in [6.45, 7) is 5.17. The van der Waals surface area contributed by atoms with Crippen LogP contribution in [0.2, 0.25) is 0 Å². The van der Waals surface area contributed by atoms with E-state index in [0.29, 0.717) is 0 Å². The van der Waals surface area contributed by atoms with Gasteiger partial charge in [-0.25, -0.2) is 4.98 Å². The number of aromatic nitrogens is 2. The Balaban J connectivity index is 1.96. The van der Waals surface area contributed by atoms with Gasteiger partial charge in [0.1, 0.15) is 12.4 Å². The Morgan fingerprint density at radius 2 is 2.00 bits per heavy atom. The minimum atomic E-state index is -1.22. The third kappa shape index (κ3) is 3.28. The van der Waals surface area contributed by atoms with Crippen molar-refractivity contribution in [3.8, 4) is 5.82 Å². The molecule has 2 aromatic rings. The average molecular weight is 371 g/mol. The van der Waals surface area contributed by atoms with Crippen LogP contribution in [0.1, 0.15) is 22.5 Å². The molecule has 1 saturated heterocycles. The summed E-state index contributed by atoms with van der Waals surface area (Å²) in [6.07, 6.45) is 3.41. The fourth-order valence-corrected chi connectivity index (χ4v) is 3.62. The first-order chi connectivity index (χ1) is 12.3. The quantitative estimate of drug-likeness (QED) is 0.831. The summed E-state index contributed by atoms with van der Waals surface area (Å²) in [6, 6.07) is 5.79. The minimum Gasteiger partial charge on any atom is -0.480 e. The molecular formula is C18H17N3O4S. The molecule has 1 fully saturated rings. The van der Waals surface area contributed by atoms with E-state index in [0.717, 1.165) is 45.0 Å². The van der Waals surface area contributed by atoms with Crippen molar-refractivity contribution < 1.29 is 19.5 Å². The molecule has 0 bridgehead atoms. The molecule has 0 saturated carbocycles. The number of carboxylic acid groups (broad SMARTS) is 1. The third-order valence-corrected chi connectivity index (χ3v) is 4.96. The van der Waals surface area contributed by atoms with Gasteiger partial charge in [-0.3, -0.25) is 19.3 Å². The van der Waals surface area contributed by atoms with Gasteiger partial charge in [-0.15, -0.1) is 0 Å². The highest BCUT2D eigenvalue weighted by atomic mass is 32.2. The molecule has 2 aromatic heterocycles. The first kappa shape index (κ1) is 17.9. The zero-order chi connectivity index (χ0) is 19.0. The molecule has 26 heavy (non-hydrogen) atoms. The number of pyridine rings is 1. The Morgan fingerprint density at radius 3 is 2.62 bits per heavy atom. The lowest BCUT2D eigenvalue weighted by molar-refractivity contribution is -0.140. The second-order valence-electron chi connectivity index (χ2n) is 6.02. The zero-order valence-corrected chi connectivity index (χ0v) is 15.3. The van der Waals surface area contributed by atoms with Crippen LogP contribution in [0.5, 0.6) is 0 Å². The molecule has 0 radical (unpaired) electrons. The zero-order valence-electron chi connectivity index (χ0n) is 14.5. The van der Waals surface area contributed by atoms with E-state index in [1.165, 1.54) is 0 Å². The Morgan fingerprint density at radius 1 is 1.27 bits per heavy atom. The first-order valence-corrected chi connectivity index (χ1v) is 8.68. The molecular weight excluding hydrogens is 354 g/mol. The van der Waals surface area contributed by atoms with E-state index >= 15 is 0 Å². The van der Waals surface area contributed by atoms with Crippen LogP contribution >= 0.6 is 11.8 Å². The average Bonchev–Trinajstić information content (AvgIpc) is 2.99. The van der Waals surface area contributed by atoms with E-state index in [2.05, 4.69) is 4.98 Å². The number of hydrogen-bond donors (Lipinski definition) is 1. The number of hydrogen-bond acceptors (Lipinski definition) is 5. The number of aliphatic carboxylic acids is 1. The van der Waals surface area contributed by atoms with Gasteiger partial charge in [-0.1, -0.05) is 6.07 Å². The molecule has 7 nitrogen and oxygen atoms in total. The first-order valence-electron chi connectivity index (χ1n) is 7.87. The van der Waals surface area contributed by atoms with Gasteiger partial charge < -0.3 is 9.67 Å². The maximum atomic E-state index is 12.3. The van der Waals surface area contributed by atoms with Gasteiger partial charge in [0.05, 0.1) is 4.91 Å². The monoisotopic (exact) mass is 371 g/mol. The van der Waals surface area contributed by atoms with Crippen LogP contribution < -0.4 is 0 Å². The van der Waals surface area contributed by atoms with E-state index in [1.54, 1.807) is 12.3 Å². The van der Waals surface area contributed by atoms with E-state index < -0.39 is 23.7 Å². The van der Waals surface area contributed by atoms with Crippen molar-refractivity contribution in [2.24, 2.45) is 0 Å². The van der Waals surface area contributed by atoms with Crippen LogP contribution in [0.25, 0.3) is 11.9 Å². The summed E-state index contributed by atoms with van der Waals surface area (Å²) < 4.78 is 1.97. The summed E-state index contributed by atoms with van der Waals surface area (Å²) >= 11 is 0.751. The lowest BCUT2D eigenvalue weighted by atomic mass is 10.2. The van der Waals surface area contributed by atoms with Gasteiger partial charge in [0.25, 0.3) is 11.1 Å². The van der Waals surface area contributed by atoms with Crippen molar-refractivity contribution in [1.29, 1.82) is 0 Å². The van der Waals surface area contributed by atoms with Crippen molar-refractivity contribution in [3.63, 3.8) is 0 Å². The number of carboxylic acids is 1. The summed E-state index contributed by atoms with van der Waals surface area (Å²) in [5.74, 6) is -1.04. The predicted octanol–water partition coefficient (Wildman–Crippen LogP) is 2.92. The summed E-state index contributed by atoms with van der Waals surface area (Å²) in [5, 5.41) is 8.26. The highest BCUT2D eigenvalue weighted by molar-refractivity contribution is 8.18. The minimum absolute atomic E-state index is 0.216. The molecule has 0 aromatic carbocycles. The largest absolute Gasteiger partial charge is 0.480 e. The van der Waals surface area contributed by atoms with Gasteiger partial charge in [-0.2, -0.15) is 0 Å². The van der Waals surface area contributed by atoms with E-state index in [4.69, 9.17) is 5.11 Å². The van der Waals surface area contributed by atoms with Crippen LogP contribution in [0.3, 0.4) is 0 Å². The number of carbonyl (C=O) groups is 3. The molecule has 1 N–H and O–H groups in total. The second-order valence-corrected chi connectivity index (χ2v) is 7.01. The standard InChI is InChI=1S/C18H17N3O4S/c1-10-4-5-15(19-8-10)21-11(2)6-13(12(21)3)7-14-17(24)20(9-16(22)23)18(25)26-14/h4-8H,9H2,1-3H3,(H,22,23)/b14-7+. The lowest BCUT2D eigenvalue weighted by Gasteiger charge is -2.09. The highest BCUT2D eigenvalue weighted by Crippen LogP contribution is 2.33. The van der Waals surface area contributed by atoms with Crippen LogP contribution in [0.15, 0.2) is 29.3 Å². The van der Waals surface area contributed by atoms with Crippen molar-refractivity contribution in [2.45, 2.75) is 20.8 Å². The Hall–Kier alpha value is -2.87. The number of rotatable bonds is 4. The Kier molecular flexibility index (Phi) is 4.69. The lowest BCUT2D eigenvalue weighted by Crippen LogP contribution is -2.33. The van der Waals surface area contributed by atoms with Gasteiger partial charge in [0.15, 0.2) is 0 Å².